The van der Waals surface area contributed by atoms with Gasteiger partial charge in [0.25, 0.3) is 0 Å². The third-order valence-corrected chi connectivity index (χ3v) is 2.03. The third kappa shape index (κ3) is 78.3. The number of aliphatic carboxylic acids is 4. The van der Waals surface area contributed by atoms with Crippen molar-refractivity contribution in [3.8, 4) is 0 Å². The van der Waals surface area contributed by atoms with Crippen molar-refractivity contribution < 1.29 is 58.7 Å². The van der Waals surface area contributed by atoms with E-state index < -0.39 is 36.1 Å². The van der Waals surface area contributed by atoms with E-state index in [1.165, 1.54) is 27.7 Å². The van der Waals surface area contributed by atoms with Gasteiger partial charge in [0.2, 0.25) is 0 Å². The molecule has 0 unspecified atom stereocenters. The van der Waals surface area contributed by atoms with Gasteiger partial charge in [-0.2, -0.15) is 0 Å². The van der Waals surface area contributed by atoms with Gasteiger partial charge in [-0.25, -0.2) is 28.8 Å². The first kappa shape index (κ1) is 45.0. The Labute approximate surface area is 210 Å². The minimum atomic E-state index is -0.935. The average molecular weight is 523 g/mol. The minimum Gasteiger partial charge on any atom is -0.478 e. The van der Waals surface area contributed by atoms with Gasteiger partial charge in [-0.15, -0.1) is 0 Å². The van der Waals surface area contributed by atoms with Crippen molar-refractivity contribution in [2.24, 2.45) is 11.5 Å². The standard InChI is InChI=1S/4C4H6O2.2C3H7NO2/c4*1-3(2)4(5)6;2*1-2-6-3(4)5/h4*1H2,2H3,(H,5,6);2*2H2,1H3,(H2,4,5). The second-order valence-corrected chi connectivity index (χ2v) is 5.85. The van der Waals surface area contributed by atoms with Crippen molar-refractivity contribution in [1.82, 2.24) is 0 Å². The lowest BCUT2D eigenvalue weighted by molar-refractivity contribution is -0.133. The lowest BCUT2D eigenvalue weighted by Gasteiger charge is -1.89. The van der Waals surface area contributed by atoms with Crippen LogP contribution in [0.5, 0.6) is 0 Å². The van der Waals surface area contributed by atoms with Gasteiger partial charge < -0.3 is 41.4 Å². The maximum Gasteiger partial charge on any atom is 0.404 e. The van der Waals surface area contributed by atoms with Gasteiger partial charge in [0.1, 0.15) is 0 Å². The molecule has 0 aromatic rings. The average Bonchev–Trinajstić information content (AvgIpc) is 2.69. The summed E-state index contributed by atoms with van der Waals surface area (Å²) in [7, 11) is 0. The zero-order valence-corrected chi connectivity index (χ0v) is 21.5. The highest BCUT2D eigenvalue weighted by Crippen LogP contribution is 1.82. The van der Waals surface area contributed by atoms with Crippen LogP contribution in [0.15, 0.2) is 48.6 Å². The number of hydrogen-bond acceptors (Lipinski definition) is 8. The van der Waals surface area contributed by atoms with Crippen LogP contribution in [0.3, 0.4) is 0 Å². The van der Waals surface area contributed by atoms with E-state index in [1.807, 2.05) is 0 Å². The van der Waals surface area contributed by atoms with E-state index in [4.69, 9.17) is 20.4 Å². The van der Waals surface area contributed by atoms with Crippen LogP contribution in [0.25, 0.3) is 0 Å². The second kappa shape index (κ2) is 30.4. The SMILES string of the molecule is C=C(C)C(=O)O.C=C(C)C(=O)O.C=C(C)C(=O)O.C=C(C)C(=O)O.CCOC(N)=O.CCOC(N)=O. The molecule has 0 aromatic carbocycles. The number of carboxylic acid groups (broad SMARTS) is 4. The Kier molecular flexibility index (Phi) is 37.9. The maximum atomic E-state index is 9.60. The molecule has 0 atom stereocenters. The Bertz CT molecular complexity index is 611. The molecular formula is C22H38N2O12. The highest BCUT2D eigenvalue weighted by Gasteiger charge is 1.91. The molecule has 2 amide bonds. The fourth-order valence-corrected chi connectivity index (χ4v) is 0.285. The zero-order chi connectivity index (χ0) is 30.6. The van der Waals surface area contributed by atoms with Crippen molar-refractivity contribution >= 4 is 36.1 Å². The highest BCUT2D eigenvalue weighted by molar-refractivity contribution is 5.85. The second-order valence-electron chi connectivity index (χ2n) is 5.85. The van der Waals surface area contributed by atoms with Gasteiger partial charge in [-0.05, 0) is 41.5 Å². The highest BCUT2D eigenvalue weighted by atomic mass is 16.5. The molecule has 0 bridgehead atoms. The molecule has 208 valence electrons. The van der Waals surface area contributed by atoms with Gasteiger partial charge in [-0.1, -0.05) is 26.3 Å². The maximum absolute atomic E-state index is 9.60. The quantitative estimate of drug-likeness (QED) is 0.275. The van der Waals surface area contributed by atoms with Crippen LogP contribution < -0.4 is 11.5 Å². The van der Waals surface area contributed by atoms with E-state index in [0.717, 1.165) is 0 Å². The molecule has 0 aromatic heterocycles. The Morgan fingerprint density at radius 1 is 0.528 bits per heavy atom. The predicted molar refractivity (Wildman–Crippen MR) is 132 cm³/mol. The molecule has 14 heteroatoms. The molecule has 36 heavy (non-hydrogen) atoms. The number of carbonyl (C=O) groups is 6. The van der Waals surface area contributed by atoms with E-state index >= 15 is 0 Å². The van der Waals surface area contributed by atoms with E-state index in [0.29, 0.717) is 13.2 Å². The molecule has 0 saturated heterocycles. The van der Waals surface area contributed by atoms with Crippen LogP contribution >= 0.6 is 0 Å². The van der Waals surface area contributed by atoms with Crippen LogP contribution in [0.4, 0.5) is 9.59 Å². The summed E-state index contributed by atoms with van der Waals surface area (Å²) in [4.78, 5) is 57.6. The summed E-state index contributed by atoms with van der Waals surface area (Å²) in [6.07, 6.45) is -1.42. The lowest BCUT2D eigenvalue weighted by atomic mass is 10.4. The van der Waals surface area contributed by atoms with E-state index in [9.17, 15) is 28.8 Å². The molecule has 0 saturated carbocycles. The molecule has 8 N–H and O–H groups in total. The first-order valence-electron chi connectivity index (χ1n) is 9.51. The summed E-state index contributed by atoms with van der Waals surface area (Å²) in [6, 6.07) is 0. The summed E-state index contributed by atoms with van der Waals surface area (Å²) in [5, 5.41) is 31.6. The van der Waals surface area contributed by atoms with Crippen molar-refractivity contribution in [2.75, 3.05) is 13.2 Å². The number of rotatable bonds is 6. The van der Waals surface area contributed by atoms with Crippen molar-refractivity contribution in [3.63, 3.8) is 0 Å². The molecule has 0 radical (unpaired) electrons. The summed E-state index contributed by atoms with van der Waals surface area (Å²) >= 11 is 0. The summed E-state index contributed by atoms with van der Waals surface area (Å²) < 4.78 is 8.36. The Balaban J connectivity index is -0.0000000750. The molecule has 0 fully saturated rings. The van der Waals surface area contributed by atoms with E-state index in [-0.39, 0.29) is 22.3 Å². The number of ether oxygens (including phenoxy) is 2. The molecule has 14 nitrogen and oxygen atoms in total. The molecular weight excluding hydrogens is 484 g/mol. The summed E-state index contributed by atoms with van der Waals surface area (Å²) in [6.45, 7) is 22.5. The van der Waals surface area contributed by atoms with Gasteiger partial charge in [0, 0.05) is 22.3 Å². The molecule has 0 aliphatic heterocycles. The Hall–Kier alpha value is -4.62. The van der Waals surface area contributed by atoms with Crippen molar-refractivity contribution in [3.05, 3.63) is 48.6 Å². The van der Waals surface area contributed by atoms with Gasteiger partial charge in [0.05, 0.1) is 13.2 Å². The van der Waals surface area contributed by atoms with Crippen LogP contribution in [-0.2, 0) is 28.7 Å². The summed E-state index contributed by atoms with van der Waals surface area (Å²) in [5.41, 5.74) is 9.79. The first-order chi connectivity index (χ1) is 16.1. The predicted octanol–water partition coefficient (Wildman–Crippen LogP) is 2.79. The topological polar surface area (TPSA) is 254 Å². The largest absolute Gasteiger partial charge is 0.478 e. The third-order valence-electron chi connectivity index (χ3n) is 2.03. The lowest BCUT2D eigenvalue weighted by Crippen LogP contribution is -2.11. The fraction of sp³-hybridized carbons (Fsp3) is 0.364. The van der Waals surface area contributed by atoms with Crippen LogP contribution in [0, 0.1) is 0 Å². The van der Waals surface area contributed by atoms with E-state index in [2.05, 4.69) is 47.3 Å². The number of carboxylic acids is 4. The normalized spacial score (nSPS) is 7.50. The number of hydrogen-bond donors (Lipinski definition) is 6. The molecule has 0 rings (SSSR count). The zero-order valence-electron chi connectivity index (χ0n) is 21.5. The number of primary amides is 2. The number of nitrogens with two attached hydrogens (primary N) is 2. The first-order valence-corrected chi connectivity index (χ1v) is 9.51. The summed E-state index contributed by atoms with van der Waals surface area (Å²) in [5.74, 6) is -3.74. The Morgan fingerprint density at radius 2 is 0.639 bits per heavy atom. The molecule has 0 aliphatic carbocycles. The molecule has 0 aliphatic rings. The van der Waals surface area contributed by atoms with Gasteiger partial charge >= 0.3 is 36.1 Å². The van der Waals surface area contributed by atoms with Crippen molar-refractivity contribution in [1.29, 1.82) is 0 Å². The van der Waals surface area contributed by atoms with Crippen LogP contribution in [-0.4, -0.2) is 69.7 Å². The van der Waals surface area contributed by atoms with Gasteiger partial charge in [-0.3, -0.25) is 0 Å². The van der Waals surface area contributed by atoms with Crippen molar-refractivity contribution in [2.45, 2.75) is 41.5 Å². The number of amides is 2. The monoisotopic (exact) mass is 522 g/mol. The minimum absolute atomic E-state index is 0.176. The van der Waals surface area contributed by atoms with Crippen LogP contribution in [0.2, 0.25) is 0 Å². The molecule has 0 heterocycles. The number of carbonyl (C=O) groups excluding carboxylic acids is 2. The van der Waals surface area contributed by atoms with Crippen LogP contribution in [0.1, 0.15) is 41.5 Å². The van der Waals surface area contributed by atoms with Gasteiger partial charge in [0.15, 0.2) is 0 Å². The van der Waals surface area contributed by atoms with E-state index in [1.54, 1.807) is 13.8 Å². The molecule has 0 spiro atoms. The smallest absolute Gasteiger partial charge is 0.404 e. The fourth-order valence-electron chi connectivity index (χ4n) is 0.285. The Morgan fingerprint density at radius 3 is 0.639 bits per heavy atom.